The highest BCUT2D eigenvalue weighted by atomic mass is 32.1. The van der Waals surface area contributed by atoms with Crippen molar-refractivity contribution in [3.8, 4) is 0 Å². The van der Waals surface area contributed by atoms with Crippen molar-refractivity contribution in [2.75, 3.05) is 27.2 Å². The fraction of sp³-hybridized carbons (Fsp3) is 0.706. The maximum atomic E-state index is 12.6. The third kappa shape index (κ3) is 4.09. The predicted octanol–water partition coefficient (Wildman–Crippen LogP) is 3.01. The molecule has 1 aliphatic carbocycles. The molecule has 0 aromatic carbocycles. The first kappa shape index (κ1) is 17.4. The summed E-state index contributed by atoms with van der Waals surface area (Å²) < 4.78 is 5.42. The first-order valence-corrected chi connectivity index (χ1v) is 9.06. The first-order chi connectivity index (χ1) is 10.5. The maximum Gasteiger partial charge on any atom is 0.343 e. The summed E-state index contributed by atoms with van der Waals surface area (Å²) in [4.78, 5) is 14.7. The van der Waals surface area contributed by atoms with Crippen LogP contribution in [0.2, 0.25) is 0 Å². The van der Waals surface area contributed by atoms with Crippen LogP contribution in [0.5, 0.6) is 0 Å². The van der Waals surface area contributed by atoms with E-state index in [2.05, 4.69) is 4.90 Å². The van der Waals surface area contributed by atoms with E-state index in [4.69, 9.17) is 4.74 Å². The minimum Gasteiger partial charge on any atom is -0.463 e. The van der Waals surface area contributed by atoms with Gasteiger partial charge in [0, 0.05) is 18.0 Å². The molecule has 124 valence electrons. The minimum absolute atomic E-state index is 0.0304. The van der Waals surface area contributed by atoms with Gasteiger partial charge in [0.15, 0.2) is 5.60 Å². The molecule has 0 saturated heterocycles. The molecule has 0 amide bonds. The van der Waals surface area contributed by atoms with Crippen molar-refractivity contribution in [3.63, 3.8) is 0 Å². The first-order valence-electron chi connectivity index (χ1n) is 8.12. The molecule has 1 heterocycles. The number of rotatable bonds is 7. The third-order valence-electron chi connectivity index (χ3n) is 4.45. The average Bonchev–Trinajstić information content (AvgIpc) is 3.06. The van der Waals surface area contributed by atoms with Crippen molar-refractivity contribution in [3.05, 3.63) is 22.4 Å². The Bertz CT molecular complexity index is 454. The van der Waals surface area contributed by atoms with E-state index >= 15 is 0 Å². The van der Waals surface area contributed by atoms with Crippen molar-refractivity contribution in [2.45, 2.75) is 44.1 Å². The number of carbonyl (C=O) groups excluding carboxylic acids is 1. The largest absolute Gasteiger partial charge is 0.463 e. The zero-order chi connectivity index (χ0) is 16.0. The Morgan fingerprint density at radius 2 is 2.14 bits per heavy atom. The molecule has 0 aliphatic heterocycles. The molecule has 1 N–H and O–H groups in total. The monoisotopic (exact) mass is 325 g/mol. The van der Waals surface area contributed by atoms with Crippen molar-refractivity contribution in [1.82, 2.24) is 4.90 Å². The van der Waals surface area contributed by atoms with E-state index in [1.54, 1.807) is 0 Å². The quantitative estimate of drug-likeness (QED) is 0.618. The third-order valence-corrected chi connectivity index (χ3v) is 5.13. The van der Waals surface area contributed by atoms with Crippen LogP contribution in [-0.2, 0) is 15.1 Å². The molecule has 22 heavy (non-hydrogen) atoms. The lowest BCUT2D eigenvalue weighted by Gasteiger charge is -2.36. The fourth-order valence-corrected chi connectivity index (χ4v) is 3.89. The molecule has 2 rings (SSSR count). The Balaban J connectivity index is 2.05. The molecule has 1 aliphatic rings. The summed E-state index contributed by atoms with van der Waals surface area (Å²) >= 11 is 1.51. The van der Waals surface area contributed by atoms with Crippen LogP contribution >= 0.6 is 11.3 Å². The zero-order valence-electron chi connectivity index (χ0n) is 13.6. The molecule has 1 aromatic heterocycles. The predicted molar refractivity (Wildman–Crippen MR) is 88.9 cm³/mol. The van der Waals surface area contributed by atoms with Gasteiger partial charge in [-0.2, -0.15) is 11.3 Å². The van der Waals surface area contributed by atoms with Gasteiger partial charge >= 0.3 is 5.97 Å². The molecule has 1 unspecified atom stereocenters. The summed E-state index contributed by atoms with van der Waals surface area (Å²) in [5.74, 6) is -0.506. The van der Waals surface area contributed by atoms with Crippen molar-refractivity contribution in [1.29, 1.82) is 0 Å². The molecule has 1 atom stereocenters. The number of ether oxygens (including phenoxy) is 1. The second kappa shape index (κ2) is 8.09. The van der Waals surface area contributed by atoms with Crippen LogP contribution in [0, 0.1) is 5.92 Å². The number of hydrogen-bond acceptors (Lipinski definition) is 5. The van der Waals surface area contributed by atoms with Gasteiger partial charge in [-0.3, -0.25) is 0 Å². The van der Waals surface area contributed by atoms with Crippen molar-refractivity contribution >= 4 is 17.3 Å². The Morgan fingerprint density at radius 1 is 1.41 bits per heavy atom. The van der Waals surface area contributed by atoms with Crippen molar-refractivity contribution < 1.29 is 14.6 Å². The van der Waals surface area contributed by atoms with Crippen LogP contribution in [0.3, 0.4) is 0 Å². The lowest BCUT2D eigenvalue weighted by Crippen LogP contribution is -2.45. The normalized spacial score (nSPS) is 19.1. The van der Waals surface area contributed by atoms with Crippen molar-refractivity contribution in [2.24, 2.45) is 5.92 Å². The van der Waals surface area contributed by atoms with E-state index in [9.17, 15) is 9.90 Å². The van der Waals surface area contributed by atoms with Crippen LogP contribution in [-0.4, -0.2) is 43.2 Å². The highest BCUT2D eigenvalue weighted by Crippen LogP contribution is 2.41. The Hall–Kier alpha value is -0.910. The standard InChI is InChI=1S/C17H27NO3S/c1-18(2)10-6-11-21-16(19)17(20,15-9-12-22-13-15)14-7-4-3-5-8-14/h9,12-14,20H,3-8,10-11H2,1-2H3. The SMILES string of the molecule is CN(C)CCCOC(=O)C(O)(c1ccsc1)C1CCCCC1. The van der Waals surface area contributed by atoms with Gasteiger partial charge in [0.05, 0.1) is 6.61 Å². The summed E-state index contributed by atoms with van der Waals surface area (Å²) in [6, 6.07) is 1.85. The number of hydrogen-bond donors (Lipinski definition) is 1. The molecule has 0 spiro atoms. The lowest BCUT2D eigenvalue weighted by atomic mass is 9.74. The second-order valence-corrected chi connectivity index (χ2v) is 7.19. The molecule has 1 fully saturated rings. The van der Waals surface area contributed by atoms with Gasteiger partial charge < -0.3 is 14.7 Å². The number of aliphatic hydroxyl groups is 1. The van der Waals surface area contributed by atoms with Crippen LogP contribution in [0.15, 0.2) is 16.8 Å². The maximum absolute atomic E-state index is 12.6. The zero-order valence-corrected chi connectivity index (χ0v) is 14.4. The smallest absolute Gasteiger partial charge is 0.343 e. The summed E-state index contributed by atoms with van der Waals surface area (Å²) in [6.45, 7) is 1.23. The van der Waals surface area contributed by atoms with E-state index < -0.39 is 11.6 Å². The molecule has 0 radical (unpaired) electrons. The van der Waals surface area contributed by atoms with Gasteiger partial charge in [-0.05, 0) is 50.2 Å². The van der Waals surface area contributed by atoms with Crippen LogP contribution in [0.25, 0.3) is 0 Å². The van der Waals surface area contributed by atoms with E-state index in [1.165, 1.54) is 17.8 Å². The van der Waals surface area contributed by atoms with Crippen LogP contribution in [0.4, 0.5) is 0 Å². The van der Waals surface area contributed by atoms with E-state index in [0.717, 1.165) is 38.6 Å². The van der Waals surface area contributed by atoms with E-state index in [-0.39, 0.29) is 5.92 Å². The second-order valence-electron chi connectivity index (χ2n) is 6.41. The van der Waals surface area contributed by atoms with Gasteiger partial charge in [0.1, 0.15) is 0 Å². The molecule has 1 saturated carbocycles. The summed E-state index contributed by atoms with van der Waals surface area (Å²) in [7, 11) is 3.98. The van der Waals surface area contributed by atoms with Gasteiger partial charge in [-0.15, -0.1) is 0 Å². The number of carbonyl (C=O) groups is 1. The van der Waals surface area contributed by atoms with E-state index in [1.807, 2.05) is 30.9 Å². The Labute approximate surface area is 137 Å². The fourth-order valence-electron chi connectivity index (χ4n) is 3.18. The topological polar surface area (TPSA) is 49.8 Å². The molecular weight excluding hydrogens is 298 g/mol. The van der Waals surface area contributed by atoms with E-state index in [0.29, 0.717) is 12.2 Å². The lowest BCUT2D eigenvalue weighted by molar-refractivity contribution is -0.175. The van der Waals surface area contributed by atoms with Gasteiger partial charge in [0.2, 0.25) is 0 Å². The number of nitrogens with zero attached hydrogens (tertiary/aromatic N) is 1. The molecule has 0 bridgehead atoms. The highest BCUT2D eigenvalue weighted by Gasteiger charge is 2.47. The van der Waals surface area contributed by atoms with Crippen LogP contribution in [0.1, 0.15) is 44.1 Å². The summed E-state index contributed by atoms with van der Waals surface area (Å²) in [5.41, 5.74) is -0.777. The summed E-state index contributed by atoms with van der Waals surface area (Å²) in [5, 5.41) is 15.0. The van der Waals surface area contributed by atoms with Gasteiger partial charge in [-0.25, -0.2) is 4.79 Å². The van der Waals surface area contributed by atoms with Crippen LogP contribution < -0.4 is 0 Å². The molecule has 1 aromatic rings. The average molecular weight is 325 g/mol. The van der Waals surface area contributed by atoms with Gasteiger partial charge in [-0.1, -0.05) is 19.3 Å². The number of esters is 1. The molecule has 5 heteroatoms. The summed E-state index contributed by atoms with van der Waals surface area (Å²) in [6.07, 6.45) is 5.89. The molecular formula is C17H27NO3S. The van der Waals surface area contributed by atoms with Gasteiger partial charge in [0.25, 0.3) is 0 Å². The Morgan fingerprint density at radius 3 is 2.73 bits per heavy atom. The Kier molecular flexibility index (Phi) is 6.41. The number of thiophene rings is 1. The molecule has 4 nitrogen and oxygen atoms in total. The highest BCUT2D eigenvalue weighted by molar-refractivity contribution is 7.08. The minimum atomic E-state index is -1.47.